The minimum Gasteiger partial charge on any atom is -0.494 e. The lowest BCUT2D eigenvalue weighted by Crippen LogP contribution is -2.03. The number of allylic oxidation sites excluding steroid dienone is 2. The summed E-state index contributed by atoms with van der Waals surface area (Å²) < 4.78 is 7.03. The Morgan fingerprint density at radius 3 is 2.70 bits per heavy atom. The van der Waals surface area contributed by atoms with Crippen molar-refractivity contribution in [3.8, 4) is 5.75 Å². The van der Waals surface area contributed by atoms with Crippen LogP contribution in [0.15, 0.2) is 27.7 Å². The van der Waals surface area contributed by atoms with E-state index >= 15 is 0 Å². The van der Waals surface area contributed by atoms with Crippen molar-refractivity contribution in [2.24, 2.45) is 0 Å². The largest absolute Gasteiger partial charge is 0.494 e. The topological polar surface area (TPSA) is 53.7 Å². The van der Waals surface area contributed by atoms with Gasteiger partial charge in [-0.15, -0.1) is 0 Å². The summed E-state index contributed by atoms with van der Waals surface area (Å²) in [6, 6.07) is 1.89. The molecule has 1 rings (SSSR count). The molecule has 0 aromatic heterocycles. The number of anilines is 1. The highest BCUT2D eigenvalue weighted by Crippen LogP contribution is 2.37. The normalized spacial score (nSPS) is 11.5. The average molecular weight is 407 g/mol. The van der Waals surface area contributed by atoms with Gasteiger partial charge >= 0.3 is 0 Å². The molecule has 0 atom stereocenters. The van der Waals surface area contributed by atoms with E-state index in [1.807, 2.05) is 19.1 Å². The number of methoxy groups -OCH3 is 1. The van der Waals surface area contributed by atoms with Crippen molar-refractivity contribution < 1.29 is 14.5 Å². The number of hydrogen-bond acceptors (Lipinski definition) is 4. The third-order valence-electron chi connectivity index (χ3n) is 2.48. The van der Waals surface area contributed by atoms with Crippen LogP contribution in [0.2, 0.25) is 0 Å². The first-order chi connectivity index (χ1) is 9.54. The summed E-state index contributed by atoms with van der Waals surface area (Å²) in [5, 5.41) is 0. The van der Waals surface area contributed by atoms with Crippen LogP contribution >= 0.6 is 31.9 Å². The number of hydrogen-bond donors (Lipinski definition) is 1. The molecule has 0 radical (unpaired) electrons. The average Bonchev–Trinajstić information content (AvgIpc) is 2.43. The quantitative estimate of drug-likeness (QED) is 0.239. The van der Waals surface area contributed by atoms with E-state index in [2.05, 4.69) is 38.4 Å². The van der Waals surface area contributed by atoms with Gasteiger partial charge in [-0.3, -0.25) is 0 Å². The summed E-state index contributed by atoms with van der Waals surface area (Å²) in [4.78, 5) is 9.95. The van der Waals surface area contributed by atoms with Crippen molar-refractivity contribution >= 4 is 43.6 Å². The third kappa shape index (κ3) is 4.34. The second-order valence-corrected chi connectivity index (χ2v) is 5.55. The number of ether oxygens (including phenoxy) is 1. The van der Waals surface area contributed by atoms with E-state index in [9.17, 15) is 0 Å². The van der Waals surface area contributed by atoms with E-state index in [-0.39, 0.29) is 6.61 Å². The molecule has 6 heteroatoms. The maximum absolute atomic E-state index is 6.15. The molecule has 0 fully saturated rings. The molecule has 0 saturated carbocycles. The molecule has 0 spiro atoms. The molecular weight excluding hydrogens is 390 g/mol. The lowest BCUT2D eigenvalue weighted by Gasteiger charge is -2.15. The Morgan fingerprint density at radius 1 is 1.45 bits per heavy atom. The van der Waals surface area contributed by atoms with Crippen molar-refractivity contribution in [3.63, 3.8) is 0 Å². The molecule has 0 aliphatic heterocycles. The Balaban J connectivity index is 3.22. The summed E-state index contributed by atoms with van der Waals surface area (Å²) in [7, 11) is 1.57. The lowest BCUT2D eigenvalue weighted by atomic mass is 10.1. The maximum atomic E-state index is 6.15. The van der Waals surface area contributed by atoms with Gasteiger partial charge in [-0.2, -0.15) is 0 Å². The van der Waals surface area contributed by atoms with Crippen molar-refractivity contribution in [3.05, 3.63) is 38.8 Å². The van der Waals surface area contributed by atoms with Crippen LogP contribution in [0.4, 0.5) is 5.69 Å². The summed E-state index contributed by atoms with van der Waals surface area (Å²) in [6.45, 7) is 6.27. The second-order valence-electron chi connectivity index (χ2n) is 3.78. The first-order valence-corrected chi connectivity index (χ1v) is 7.52. The highest BCUT2D eigenvalue weighted by molar-refractivity contribution is 9.12. The molecule has 110 valence electrons. The van der Waals surface area contributed by atoms with Crippen LogP contribution < -0.4 is 10.5 Å². The first-order valence-electron chi connectivity index (χ1n) is 5.94. The smallest absolute Gasteiger partial charge is 0.148 e. The van der Waals surface area contributed by atoms with Crippen molar-refractivity contribution in [2.45, 2.75) is 13.5 Å². The minimum atomic E-state index is 0.256. The highest BCUT2D eigenvalue weighted by atomic mass is 79.9. The third-order valence-corrected chi connectivity index (χ3v) is 3.69. The van der Waals surface area contributed by atoms with Gasteiger partial charge in [-0.25, -0.2) is 9.78 Å². The van der Waals surface area contributed by atoms with E-state index in [0.29, 0.717) is 18.0 Å². The highest BCUT2D eigenvalue weighted by Gasteiger charge is 2.15. The van der Waals surface area contributed by atoms with Crippen LogP contribution in [0.5, 0.6) is 5.75 Å². The van der Waals surface area contributed by atoms with Crippen LogP contribution in [-0.2, 0) is 16.4 Å². The number of halogens is 2. The van der Waals surface area contributed by atoms with E-state index in [1.165, 1.54) is 0 Å². The van der Waals surface area contributed by atoms with Crippen molar-refractivity contribution in [2.75, 3.05) is 19.5 Å². The molecule has 2 N–H and O–H groups in total. The predicted octanol–water partition coefficient (Wildman–Crippen LogP) is 4.43. The molecule has 0 heterocycles. The van der Waals surface area contributed by atoms with Crippen LogP contribution in [0.1, 0.15) is 18.1 Å². The molecule has 20 heavy (non-hydrogen) atoms. The van der Waals surface area contributed by atoms with Gasteiger partial charge in [-0.1, -0.05) is 44.5 Å². The molecule has 0 saturated heterocycles. The number of nitrogen functional groups attached to an aromatic ring is 1. The minimum absolute atomic E-state index is 0.256. The molecule has 1 aromatic rings. The summed E-state index contributed by atoms with van der Waals surface area (Å²) in [5.41, 5.74) is 8.29. The van der Waals surface area contributed by atoms with Gasteiger partial charge in [-0.05, 0) is 19.1 Å². The van der Waals surface area contributed by atoms with Gasteiger partial charge in [0.25, 0.3) is 0 Å². The van der Waals surface area contributed by atoms with Gasteiger partial charge in [0, 0.05) is 20.1 Å². The molecular formula is C14H17Br2NO3. The summed E-state index contributed by atoms with van der Waals surface area (Å²) in [6.07, 6.45) is 3.55. The Labute approximate surface area is 135 Å². The number of benzene rings is 1. The molecule has 0 aliphatic rings. The molecule has 1 aromatic carbocycles. The zero-order chi connectivity index (χ0) is 15.1. The van der Waals surface area contributed by atoms with Crippen LogP contribution in [0.3, 0.4) is 0 Å². The summed E-state index contributed by atoms with van der Waals surface area (Å²) >= 11 is 6.88. The fourth-order valence-corrected chi connectivity index (χ4v) is 2.43. The van der Waals surface area contributed by atoms with Gasteiger partial charge in [0.1, 0.15) is 12.4 Å². The lowest BCUT2D eigenvalue weighted by molar-refractivity contribution is -0.300. The zero-order valence-electron chi connectivity index (χ0n) is 11.4. The Kier molecular flexibility index (Phi) is 7.29. The van der Waals surface area contributed by atoms with E-state index in [0.717, 1.165) is 20.1 Å². The Hall–Kier alpha value is -0.820. The summed E-state index contributed by atoms with van der Waals surface area (Å²) in [5.74, 6) is 0.573. The standard InChI is InChI=1S/C14H17Br2NO3/c1-4-10(15)7-11-12(16)6-9(8-20-19-5-2)14(18-3)13(11)17/h4,6-7H,1,5,8,17H2,2-3H3/b10-7+. The van der Waals surface area contributed by atoms with E-state index in [1.54, 1.807) is 13.2 Å². The fraction of sp³-hybridized carbons (Fsp3) is 0.286. The van der Waals surface area contributed by atoms with Gasteiger partial charge in [0.2, 0.25) is 0 Å². The molecule has 4 nitrogen and oxygen atoms in total. The maximum Gasteiger partial charge on any atom is 0.148 e. The molecule has 0 bridgehead atoms. The zero-order valence-corrected chi connectivity index (χ0v) is 14.6. The molecule has 0 amide bonds. The SMILES string of the molecule is C=C/C(Br)=C\c1c(Br)cc(COOCC)c(OC)c1N. The van der Waals surface area contributed by atoms with Crippen molar-refractivity contribution in [1.29, 1.82) is 0 Å². The van der Waals surface area contributed by atoms with Gasteiger partial charge < -0.3 is 10.5 Å². The molecule has 0 aliphatic carbocycles. The Morgan fingerprint density at radius 2 is 2.15 bits per heavy atom. The van der Waals surface area contributed by atoms with Gasteiger partial charge in [0.05, 0.1) is 19.4 Å². The van der Waals surface area contributed by atoms with E-state index < -0.39 is 0 Å². The number of rotatable bonds is 7. The monoisotopic (exact) mass is 405 g/mol. The van der Waals surface area contributed by atoms with Gasteiger partial charge in [0.15, 0.2) is 0 Å². The Bertz CT molecular complexity index is 516. The van der Waals surface area contributed by atoms with E-state index in [4.69, 9.17) is 20.2 Å². The second kappa shape index (κ2) is 8.46. The first kappa shape index (κ1) is 17.2. The van der Waals surface area contributed by atoms with Crippen LogP contribution in [0.25, 0.3) is 6.08 Å². The van der Waals surface area contributed by atoms with Crippen LogP contribution in [0, 0.1) is 0 Å². The van der Waals surface area contributed by atoms with Crippen LogP contribution in [-0.4, -0.2) is 13.7 Å². The predicted molar refractivity (Wildman–Crippen MR) is 88.6 cm³/mol. The molecule has 0 unspecified atom stereocenters. The van der Waals surface area contributed by atoms with Crippen molar-refractivity contribution in [1.82, 2.24) is 0 Å². The number of nitrogens with two attached hydrogens (primary N) is 1. The fourth-order valence-electron chi connectivity index (χ4n) is 1.60.